The molecule has 0 fully saturated rings. The van der Waals surface area contributed by atoms with E-state index in [2.05, 4.69) is 10.1 Å². The second-order valence-electron chi connectivity index (χ2n) is 6.72. The number of aryl methyl sites for hydroxylation is 1. The van der Waals surface area contributed by atoms with Crippen LogP contribution in [0, 0.1) is 6.92 Å². The van der Waals surface area contributed by atoms with E-state index in [0.29, 0.717) is 35.6 Å². The van der Waals surface area contributed by atoms with Crippen LogP contribution in [-0.2, 0) is 13.1 Å². The first kappa shape index (κ1) is 17.9. The summed E-state index contributed by atoms with van der Waals surface area (Å²) in [7, 11) is 0. The molecule has 0 saturated heterocycles. The van der Waals surface area contributed by atoms with Crippen LogP contribution in [0.1, 0.15) is 24.8 Å². The third kappa shape index (κ3) is 3.15. The van der Waals surface area contributed by atoms with Crippen molar-refractivity contribution in [3.63, 3.8) is 0 Å². The molecule has 0 bridgehead atoms. The molecule has 0 aliphatic rings. The predicted molar refractivity (Wildman–Crippen MR) is 106 cm³/mol. The van der Waals surface area contributed by atoms with Crippen molar-refractivity contribution < 1.29 is 4.52 Å². The Morgan fingerprint density at radius 1 is 1.00 bits per heavy atom. The van der Waals surface area contributed by atoms with Gasteiger partial charge in [-0.1, -0.05) is 54.0 Å². The van der Waals surface area contributed by atoms with Gasteiger partial charge >= 0.3 is 5.69 Å². The van der Waals surface area contributed by atoms with E-state index in [9.17, 15) is 9.59 Å². The van der Waals surface area contributed by atoms with E-state index in [1.54, 1.807) is 24.3 Å². The maximum atomic E-state index is 12.9. The molecule has 4 rings (SSSR count). The van der Waals surface area contributed by atoms with Crippen LogP contribution in [0.2, 0.25) is 0 Å². The van der Waals surface area contributed by atoms with Crippen LogP contribution < -0.4 is 11.2 Å². The molecular weight excluding hydrogens is 356 g/mol. The molecule has 0 atom stereocenters. The number of fused-ring (bicyclic) bond motifs is 1. The van der Waals surface area contributed by atoms with Gasteiger partial charge in [0.1, 0.15) is 6.54 Å². The highest BCUT2D eigenvalue weighted by atomic mass is 16.5. The maximum Gasteiger partial charge on any atom is 0.331 e. The summed E-state index contributed by atoms with van der Waals surface area (Å²) in [6, 6.07) is 14.9. The van der Waals surface area contributed by atoms with Crippen molar-refractivity contribution in [2.75, 3.05) is 0 Å². The van der Waals surface area contributed by atoms with Crippen LogP contribution in [0.25, 0.3) is 22.3 Å². The van der Waals surface area contributed by atoms with Crippen LogP contribution in [0.4, 0.5) is 0 Å². The molecule has 0 spiro atoms. The fraction of sp³-hybridized carbons (Fsp3) is 0.238. The summed E-state index contributed by atoms with van der Waals surface area (Å²) in [4.78, 5) is 30.0. The summed E-state index contributed by atoms with van der Waals surface area (Å²) in [5, 5.41) is 4.52. The average molecular weight is 376 g/mol. The lowest BCUT2D eigenvalue weighted by atomic mass is 10.1. The number of nitrogens with zero attached hydrogens (tertiary/aromatic N) is 4. The van der Waals surface area contributed by atoms with Crippen LogP contribution >= 0.6 is 0 Å². The van der Waals surface area contributed by atoms with E-state index in [4.69, 9.17) is 4.52 Å². The molecule has 7 nitrogen and oxygen atoms in total. The van der Waals surface area contributed by atoms with E-state index in [1.807, 2.05) is 38.1 Å². The molecule has 0 unspecified atom stereocenters. The molecule has 4 aromatic rings. The van der Waals surface area contributed by atoms with Gasteiger partial charge in [-0.05, 0) is 25.5 Å². The zero-order chi connectivity index (χ0) is 19.7. The Morgan fingerprint density at radius 3 is 2.50 bits per heavy atom. The molecule has 0 saturated carbocycles. The second-order valence-corrected chi connectivity index (χ2v) is 6.72. The molecule has 2 heterocycles. The van der Waals surface area contributed by atoms with Gasteiger partial charge < -0.3 is 4.52 Å². The summed E-state index contributed by atoms with van der Waals surface area (Å²) >= 11 is 0. The number of rotatable bonds is 5. The molecule has 0 N–H and O–H groups in total. The molecule has 2 aromatic carbocycles. The van der Waals surface area contributed by atoms with Crippen LogP contribution in [-0.4, -0.2) is 19.3 Å². The SMILES string of the molecule is CCCn1c(=O)c2ccccc2n(Cc2nc(-c3ccc(C)cc3)no2)c1=O. The molecule has 142 valence electrons. The van der Waals surface area contributed by atoms with Gasteiger partial charge in [-0.15, -0.1) is 0 Å². The lowest BCUT2D eigenvalue weighted by molar-refractivity contribution is 0.369. The topological polar surface area (TPSA) is 82.9 Å². The van der Waals surface area contributed by atoms with Crippen molar-refractivity contribution in [1.29, 1.82) is 0 Å². The molecule has 0 aliphatic heterocycles. The average Bonchev–Trinajstić information content (AvgIpc) is 3.18. The van der Waals surface area contributed by atoms with Gasteiger partial charge in [0.25, 0.3) is 5.56 Å². The molecular formula is C21H20N4O3. The number of aromatic nitrogens is 4. The number of benzene rings is 2. The molecule has 28 heavy (non-hydrogen) atoms. The quantitative estimate of drug-likeness (QED) is 0.535. The zero-order valence-electron chi connectivity index (χ0n) is 15.8. The van der Waals surface area contributed by atoms with E-state index in [-0.39, 0.29) is 17.8 Å². The monoisotopic (exact) mass is 376 g/mol. The Morgan fingerprint density at radius 2 is 1.75 bits per heavy atom. The Bertz CT molecular complexity index is 1250. The Labute approximate surface area is 160 Å². The molecule has 0 aliphatic carbocycles. The first-order valence-electron chi connectivity index (χ1n) is 9.20. The summed E-state index contributed by atoms with van der Waals surface area (Å²) in [6.07, 6.45) is 0.686. The van der Waals surface area contributed by atoms with Gasteiger partial charge in [0.05, 0.1) is 10.9 Å². The Balaban J connectivity index is 1.79. The summed E-state index contributed by atoms with van der Waals surface area (Å²) in [5.41, 5.74) is 1.89. The first-order valence-corrected chi connectivity index (χ1v) is 9.20. The Kier molecular flexibility index (Phi) is 4.65. The summed E-state index contributed by atoms with van der Waals surface area (Å²) in [6.45, 7) is 4.40. The standard InChI is InChI=1S/C21H20N4O3/c1-3-12-24-20(26)16-6-4-5-7-17(16)25(21(24)27)13-18-22-19(23-28-18)15-10-8-14(2)9-11-15/h4-11H,3,12-13H2,1-2H3. The van der Waals surface area contributed by atoms with Crippen molar-refractivity contribution in [2.24, 2.45) is 0 Å². The lowest BCUT2D eigenvalue weighted by Gasteiger charge is -2.12. The first-order chi connectivity index (χ1) is 13.6. The van der Waals surface area contributed by atoms with Gasteiger partial charge in [0.2, 0.25) is 11.7 Å². The second kappa shape index (κ2) is 7.26. The van der Waals surface area contributed by atoms with Crippen molar-refractivity contribution in [3.8, 4) is 11.4 Å². The van der Waals surface area contributed by atoms with E-state index in [0.717, 1.165) is 11.1 Å². The fourth-order valence-electron chi connectivity index (χ4n) is 3.22. The number of hydrogen-bond acceptors (Lipinski definition) is 5. The predicted octanol–water partition coefficient (Wildman–Crippen LogP) is 2.98. The van der Waals surface area contributed by atoms with Crippen molar-refractivity contribution in [1.82, 2.24) is 19.3 Å². The highest BCUT2D eigenvalue weighted by Gasteiger charge is 2.16. The highest BCUT2D eigenvalue weighted by molar-refractivity contribution is 5.77. The van der Waals surface area contributed by atoms with Gasteiger partial charge in [0.15, 0.2) is 0 Å². The van der Waals surface area contributed by atoms with Crippen molar-refractivity contribution in [3.05, 3.63) is 80.8 Å². The number of hydrogen-bond donors (Lipinski definition) is 0. The minimum absolute atomic E-state index is 0.0994. The van der Waals surface area contributed by atoms with Gasteiger partial charge in [0, 0.05) is 12.1 Å². The third-order valence-electron chi connectivity index (χ3n) is 4.65. The highest BCUT2D eigenvalue weighted by Crippen LogP contribution is 2.17. The van der Waals surface area contributed by atoms with Crippen molar-refractivity contribution in [2.45, 2.75) is 33.4 Å². The van der Waals surface area contributed by atoms with Crippen molar-refractivity contribution >= 4 is 10.9 Å². The molecule has 2 aromatic heterocycles. The van der Waals surface area contributed by atoms with Gasteiger partial charge in [-0.25, -0.2) is 4.79 Å². The molecule has 7 heteroatoms. The third-order valence-corrected chi connectivity index (χ3v) is 4.65. The van der Waals surface area contributed by atoms with E-state index in [1.165, 1.54) is 9.13 Å². The van der Waals surface area contributed by atoms with Crippen LogP contribution in [0.5, 0.6) is 0 Å². The normalized spacial score (nSPS) is 11.2. The minimum atomic E-state index is -0.374. The van der Waals surface area contributed by atoms with Gasteiger partial charge in [-0.3, -0.25) is 13.9 Å². The van der Waals surface area contributed by atoms with Crippen LogP contribution in [0.15, 0.2) is 62.6 Å². The summed E-state index contributed by atoms with van der Waals surface area (Å²) < 4.78 is 8.16. The molecule has 0 amide bonds. The maximum absolute atomic E-state index is 12.9. The Hall–Kier alpha value is -3.48. The van der Waals surface area contributed by atoms with Gasteiger partial charge in [-0.2, -0.15) is 4.98 Å². The minimum Gasteiger partial charge on any atom is -0.337 e. The smallest absolute Gasteiger partial charge is 0.331 e. The zero-order valence-corrected chi connectivity index (χ0v) is 15.8. The van der Waals surface area contributed by atoms with E-state index >= 15 is 0 Å². The summed E-state index contributed by atoms with van der Waals surface area (Å²) in [5.74, 6) is 0.777. The van der Waals surface area contributed by atoms with Crippen LogP contribution in [0.3, 0.4) is 0 Å². The lowest BCUT2D eigenvalue weighted by Crippen LogP contribution is -2.40. The largest absolute Gasteiger partial charge is 0.337 e. The fourth-order valence-corrected chi connectivity index (χ4v) is 3.22. The van der Waals surface area contributed by atoms with E-state index < -0.39 is 0 Å². The molecule has 0 radical (unpaired) electrons. The number of para-hydroxylation sites is 1.